The third-order valence-electron chi connectivity index (χ3n) is 5.32. The number of aryl methyl sites for hydroxylation is 1. The number of hydrogen-bond donors (Lipinski definition) is 1. The summed E-state index contributed by atoms with van der Waals surface area (Å²) in [5.41, 5.74) is 2.83. The van der Waals surface area contributed by atoms with Gasteiger partial charge < -0.3 is 10.1 Å². The second-order valence-electron chi connectivity index (χ2n) is 9.12. The van der Waals surface area contributed by atoms with Crippen molar-refractivity contribution in [3.05, 3.63) is 86.8 Å². The van der Waals surface area contributed by atoms with E-state index in [-0.39, 0.29) is 23.5 Å². The van der Waals surface area contributed by atoms with Crippen molar-refractivity contribution < 1.29 is 9.53 Å². The number of rotatable bonds is 7. The molecule has 0 aliphatic heterocycles. The Labute approximate surface area is 202 Å². The Hall–Kier alpha value is -3.52. The predicted molar refractivity (Wildman–Crippen MR) is 135 cm³/mol. The van der Waals surface area contributed by atoms with Gasteiger partial charge in [-0.05, 0) is 53.8 Å². The molecule has 1 N–H and O–H groups in total. The number of carbonyl (C=O) groups excluding carboxylic acids is 1. The van der Waals surface area contributed by atoms with Gasteiger partial charge in [0.25, 0.3) is 11.5 Å². The van der Waals surface area contributed by atoms with E-state index >= 15 is 0 Å². The summed E-state index contributed by atoms with van der Waals surface area (Å²) in [6, 6.07) is 16.2. The van der Waals surface area contributed by atoms with Gasteiger partial charge in [0, 0.05) is 23.7 Å². The molecular formula is C26H28N4O3S. The lowest BCUT2D eigenvalue weighted by molar-refractivity contribution is 0.102. The van der Waals surface area contributed by atoms with Crippen molar-refractivity contribution >= 4 is 27.9 Å². The molecule has 2 heterocycles. The lowest BCUT2D eigenvalue weighted by atomic mass is 9.87. The van der Waals surface area contributed by atoms with Crippen LogP contribution in [0.25, 0.3) is 4.96 Å². The first-order chi connectivity index (χ1) is 16.2. The average Bonchev–Trinajstić information content (AvgIpc) is 3.21. The van der Waals surface area contributed by atoms with Crippen LogP contribution in [-0.2, 0) is 18.4 Å². The summed E-state index contributed by atoms with van der Waals surface area (Å²) in [5, 5.41) is 8.11. The molecule has 0 aliphatic carbocycles. The van der Waals surface area contributed by atoms with Crippen LogP contribution in [-0.4, -0.2) is 20.5 Å². The zero-order valence-electron chi connectivity index (χ0n) is 19.8. The molecule has 0 spiro atoms. The van der Waals surface area contributed by atoms with Crippen LogP contribution in [0.5, 0.6) is 5.75 Å². The molecule has 0 saturated carbocycles. The number of fused-ring (bicyclic) bond motifs is 1. The fourth-order valence-electron chi connectivity index (χ4n) is 3.40. The van der Waals surface area contributed by atoms with E-state index in [9.17, 15) is 9.59 Å². The molecule has 176 valence electrons. The van der Waals surface area contributed by atoms with Crippen LogP contribution in [0.1, 0.15) is 60.7 Å². The van der Waals surface area contributed by atoms with Crippen LogP contribution < -0.4 is 15.6 Å². The number of benzene rings is 2. The molecule has 0 aliphatic rings. The van der Waals surface area contributed by atoms with Crippen LogP contribution in [0.4, 0.5) is 5.69 Å². The van der Waals surface area contributed by atoms with Crippen molar-refractivity contribution in [1.29, 1.82) is 0 Å². The number of nitrogens with one attached hydrogen (secondary N) is 1. The van der Waals surface area contributed by atoms with Crippen molar-refractivity contribution in [3.63, 3.8) is 0 Å². The van der Waals surface area contributed by atoms with Crippen molar-refractivity contribution in [2.24, 2.45) is 0 Å². The Morgan fingerprint density at radius 2 is 1.79 bits per heavy atom. The van der Waals surface area contributed by atoms with Gasteiger partial charge in [-0.2, -0.15) is 9.61 Å². The predicted octanol–water partition coefficient (Wildman–Crippen LogP) is 5.23. The average molecular weight is 477 g/mol. The minimum Gasteiger partial charge on any atom is -0.487 e. The van der Waals surface area contributed by atoms with E-state index in [0.717, 1.165) is 17.8 Å². The molecule has 0 saturated heterocycles. The van der Waals surface area contributed by atoms with E-state index in [1.54, 1.807) is 24.3 Å². The van der Waals surface area contributed by atoms with Crippen molar-refractivity contribution in [3.8, 4) is 5.75 Å². The van der Waals surface area contributed by atoms with Gasteiger partial charge in [0.1, 0.15) is 17.4 Å². The SMILES string of the molecule is CCCc1nn2c(=O)cc(COc3ccc(NC(=O)c4ccc(C(C)(C)C)cc4)cc3)nc2s1. The molecule has 4 rings (SSSR count). The summed E-state index contributed by atoms with van der Waals surface area (Å²) in [6.45, 7) is 8.66. The first kappa shape index (κ1) is 23.6. The van der Waals surface area contributed by atoms with Crippen LogP contribution in [0.3, 0.4) is 0 Å². The highest BCUT2D eigenvalue weighted by Crippen LogP contribution is 2.23. The smallest absolute Gasteiger partial charge is 0.275 e. The highest BCUT2D eigenvalue weighted by atomic mass is 32.1. The second kappa shape index (κ2) is 9.77. The van der Waals surface area contributed by atoms with Crippen LogP contribution >= 0.6 is 11.3 Å². The highest BCUT2D eigenvalue weighted by Gasteiger charge is 2.14. The molecule has 7 nitrogen and oxygen atoms in total. The van der Waals surface area contributed by atoms with E-state index in [4.69, 9.17) is 4.74 Å². The van der Waals surface area contributed by atoms with Gasteiger partial charge in [0.15, 0.2) is 0 Å². The molecule has 0 fully saturated rings. The Bertz CT molecular complexity index is 1350. The third kappa shape index (κ3) is 5.51. The Morgan fingerprint density at radius 1 is 1.09 bits per heavy atom. The topological polar surface area (TPSA) is 85.6 Å². The van der Waals surface area contributed by atoms with E-state index in [1.807, 2.05) is 24.3 Å². The molecule has 34 heavy (non-hydrogen) atoms. The molecule has 0 unspecified atom stereocenters. The first-order valence-electron chi connectivity index (χ1n) is 11.3. The molecule has 8 heteroatoms. The summed E-state index contributed by atoms with van der Waals surface area (Å²) in [5.74, 6) is 0.449. The zero-order valence-corrected chi connectivity index (χ0v) is 20.6. The van der Waals surface area contributed by atoms with E-state index in [0.29, 0.717) is 27.7 Å². The minimum absolute atomic E-state index is 0.0405. The molecule has 2 aromatic heterocycles. The minimum atomic E-state index is -0.212. The Balaban J connectivity index is 1.37. The largest absolute Gasteiger partial charge is 0.487 e. The number of aromatic nitrogens is 3. The molecule has 0 atom stereocenters. The Morgan fingerprint density at radius 3 is 2.44 bits per heavy atom. The maximum atomic E-state index is 12.6. The molecule has 4 aromatic rings. The van der Waals surface area contributed by atoms with Gasteiger partial charge in [-0.1, -0.05) is 51.2 Å². The molecule has 0 radical (unpaired) electrons. The standard InChI is InChI=1S/C26H28N4O3S/c1-5-6-22-29-30-23(31)15-20(28-25(30)34-22)16-33-21-13-11-19(12-14-21)27-24(32)17-7-9-18(10-8-17)26(2,3)4/h7-15H,5-6,16H2,1-4H3,(H,27,32). The summed E-state index contributed by atoms with van der Waals surface area (Å²) in [6.07, 6.45) is 1.79. The lowest BCUT2D eigenvalue weighted by Gasteiger charge is -2.19. The summed E-state index contributed by atoms with van der Waals surface area (Å²) in [7, 11) is 0. The molecule has 2 aromatic carbocycles. The number of ether oxygens (including phenoxy) is 1. The fraction of sp³-hybridized carbons (Fsp3) is 0.308. The van der Waals surface area contributed by atoms with Gasteiger partial charge in [-0.15, -0.1) is 0 Å². The monoisotopic (exact) mass is 476 g/mol. The number of amides is 1. The zero-order chi connectivity index (χ0) is 24.3. The summed E-state index contributed by atoms with van der Waals surface area (Å²) >= 11 is 1.42. The number of carbonyl (C=O) groups is 1. The summed E-state index contributed by atoms with van der Waals surface area (Å²) < 4.78 is 7.14. The fourth-order valence-corrected chi connectivity index (χ4v) is 4.42. The second-order valence-corrected chi connectivity index (χ2v) is 10.2. The maximum Gasteiger partial charge on any atom is 0.275 e. The quantitative estimate of drug-likeness (QED) is 0.395. The maximum absolute atomic E-state index is 12.6. The Kier molecular flexibility index (Phi) is 6.79. The van der Waals surface area contributed by atoms with Crippen molar-refractivity contribution in [1.82, 2.24) is 14.6 Å². The van der Waals surface area contributed by atoms with Crippen LogP contribution in [0, 0.1) is 0 Å². The van der Waals surface area contributed by atoms with Crippen LogP contribution in [0.15, 0.2) is 59.4 Å². The number of nitrogens with zero attached hydrogens (tertiary/aromatic N) is 3. The van der Waals surface area contributed by atoms with Crippen molar-refractivity contribution in [2.45, 2.75) is 52.6 Å². The number of anilines is 1. The van der Waals surface area contributed by atoms with Gasteiger partial charge in [-0.25, -0.2) is 4.98 Å². The molecular weight excluding hydrogens is 448 g/mol. The number of hydrogen-bond acceptors (Lipinski definition) is 6. The van der Waals surface area contributed by atoms with E-state index in [2.05, 4.69) is 43.1 Å². The van der Waals surface area contributed by atoms with Gasteiger partial charge in [-0.3, -0.25) is 9.59 Å². The normalized spacial score (nSPS) is 11.5. The highest BCUT2D eigenvalue weighted by molar-refractivity contribution is 7.16. The van der Waals surface area contributed by atoms with E-state index < -0.39 is 0 Å². The third-order valence-corrected chi connectivity index (χ3v) is 6.28. The first-order valence-corrected chi connectivity index (χ1v) is 12.1. The lowest BCUT2D eigenvalue weighted by Crippen LogP contribution is -2.16. The van der Waals surface area contributed by atoms with Crippen LogP contribution in [0.2, 0.25) is 0 Å². The summed E-state index contributed by atoms with van der Waals surface area (Å²) in [4.78, 5) is 30.0. The van der Waals surface area contributed by atoms with Crippen molar-refractivity contribution in [2.75, 3.05) is 5.32 Å². The van der Waals surface area contributed by atoms with E-state index in [1.165, 1.54) is 27.5 Å². The van der Waals surface area contributed by atoms with Gasteiger partial charge >= 0.3 is 0 Å². The van der Waals surface area contributed by atoms with Gasteiger partial charge in [0.05, 0.1) is 5.69 Å². The van der Waals surface area contributed by atoms with Gasteiger partial charge in [0.2, 0.25) is 4.96 Å². The molecule has 0 bridgehead atoms. The molecule has 1 amide bonds.